The van der Waals surface area contributed by atoms with Crippen LogP contribution in [0.5, 0.6) is 5.75 Å². The van der Waals surface area contributed by atoms with Gasteiger partial charge in [0.1, 0.15) is 5.75 Å². The average Bonchev–Trinajstić information content (AvgIpc) is 2.59. The fraction of sp³-hybridized carbons (Fsp3) is 0.231. The number of carbonyl (C=O) groups is 1. The molecular weight excluding hydrogens is 246 g/mol. The van der Waals surface area contributed by atoms with E-state index in [0.717, 1.165) is 5.56 Å². The first kappa shape index (κ1) is 13.1. The van der Waals surface area contributed by atoms with Gasteiger partial charge in [0.15, 0.2) is 5.96 Å². The van der Waals surface area contributed by atoms with Crippen molar-refractivity contribution in [1.82, 2.24) is 0 Å². The maximum absolute atomic E-state index is 11.8. The highest BCUT2D eigenvalue weighted by Gasteiger charge is 2.17. The molecule has 0 aliphatic carbocycles. The number of para-hydroxylation sites is 1. The number of carbonyl (C=O) groups excluding carboxylic acids is 1. The average molecular weight is 261 g/mol. The number of aliphatic imine (C=N–C) groups is 1. The highest BCUT2D eigenvalue weighted by Crippen LogP contribution is 2.30. The second-order valence-electron chi connectivity index (χ2n) is 4.10. The molecule has 1 heterocycles. The van der Waals surface area contributed by atoms with E-state index >= 15 is 0 Å². The van der Waals surface area contributed by atoms with Crippen molar-refractivity contribution in [2.24, 2.45) is 16.5 Å². The van der Waals surface area contributed by atoms with Crippen molar-refractivity contribution in [1.29, 1.82) is 0 Å². The standard InChI is InChI=1S/C13H15N3O3/c14-13(15)16-12(18)9-4-5-19-11-8(6-9)2-1-3-10(11)7-17/h1-3,6,17H,4-5,7H2,(H4,14,15,16,18). The van der Waals surface area contributed by atoms with Crippen LogP contribution in [0.15, 0.2) is 28.8 Å². The highest BCUT2D eigenvalue weighted by atomic mass is 16.5. The van der Waals surface area contributed by atoms with E-state index < -0.39 is 5.91 Å². The van der Waals surface area contributed by atoms with Crippen molar-refractivity contribution >= 4 is 17.9 Å². The first-order chi connectivity index (χ1) is 9.11. The molecule has 6 nitrogen and oxygen atoms in total. The Morgan fingerprint density at radius 2 is 2.21 bits per heavy atom. The number of aliphatic hydroxyl groups excluding tert-OH is 1. The molecule has 0 radical (unpaired) electrons. The molecule has 1 aromatic carbocycles. The number of nitrogens with zero attached hydrogens (tertiary/aromatic N) is 1. The van der Waals surface area contributed by atoms with Crippen molar-refractivity contribution in [3.8, 4) is 5.75 Å². The quantitative estimate of drug-likeness (QED) is 0.518. The minimum absolute atomic E-state index is 0.117. The number of hydrogen-bond acceptors (Lipinski definition) is 3. The Morgan fingerprint density at radius 1 is 1.42 bits per heavy atom. The van der Waals surface area contributed by atoms with E-state index in [2.05, 4.69) is 4.99 Å². The minimum Gasteiger partial charge on any atom is -0.492 e. The SMILES string of the molecule is NC(N)=NC(=O)C1=Cc2cccc(CO)c2OCC1. The van der Waals surface area contributed by atoms with E-state index in [4.69, 9.17) is 16.2 Å². The fourth-order valence-corrected chi connectivity index (χ4v) is 1.90. The molecule has 100 valence electrons. The zero-order chi connectivity index (χ0) is 13.8. The molecule has 0 fully saturated rings. The van der Waals surface area contributed by atoms with Gasteiger partial charge in [0, 0.05) is 23.1 Å². The van der Waals surface area contributed by atoms with Crippen LogP contribution in [-0.4, -0.2) is 23.6 Å². The second-order valence-corrected chi connectivity index (χ2v) is 4.10. The summed E-state index contributed by atoms with van der Waals surface area (Å²) in [4.78, 5) is 15.3. The van der Waals surface area contributed by atoms with Gasteiger partial charge in [-0.05, 0) is 6.08 Å². The number of ether oxygens (including phenoxy) is 1. The zero-order valence-corrected chi connectivity index (χ0v) is 10.3. The predicted octanol–water partition coefficient (Wildman–Crippen LogP) is 0.145. The fourth-order valence-electron chi connectivity index (χ4n) is 1.90. The first-order valence-electron chi connectivity index (χ1n) is 5.82. The van der Waals surface area contributed by atoms with E-state index in [1.807, 2.05) is 6.07 Å². The lowest BCUT2D eigenvalue weighted by Gasteiger charge is -2.09. The van der Waals surface area contributed by atoms with Crippen LogP contribution in [0.2, 0.25) is 0 Å². The number of benzene rings is 1. The van der Waals surface area contributed by atoms with Crippen molar-refractivity contribution in [2.75, 3.05) is 6.61 Å². The molecule has 1 amide bonds. The van der Waals surface area contributed by atoms with E-state index in [9.17, 15) is 9.90 Å². The topological polar surface area (TPSA) is 111 Å². The Bertz CT molecular complexity index is 560. The van der Waals surface area contributed by atoms with Gasteiger partial charge >= 0.3 is 0 Å². The molecule has 2 rings (SSSR count). The van der Waals surface area contributed by atoms with E-state index in [-0.39, 0.29) is 12.6 Å². The van der Waals surface area contributed by atoms with Crippen LogP contribution in [0.3, 0.4) is 0 Å². The van der Waals surface area contributed by atoms with Crippen molar-refractivity contribution in [2.45, 2.75) is 13.0 Å². The van der Waals surface area contributed by atoms with E-state index in [1.165, 1.54) is 0 Å². The van der Waals surface area contributed by atoms with Crippen LogP contribution in [0.1, 0.15) is 17.5 Å². The van der Waals surface area contributed by atoms with Gasteiger partial charge in [-0.3, -0.25) is 4.79 Å². The van der Waals surface area contributed by atoms with Gasteiger partial charge < -0.3 is 21.3 Å². The van der Waals surface area contributed by atoms with E-state index in [1.54, 1.807) is 18.2 Å². The molecule has 0 saturated carbocycles. The Kier molecular flexibility index (Phi) is 3.82. The molecule has 19 heavy (non-hydrogen) atoms. The molecule has 5 N–H and O–H groups in total. The molecule has 0 saturated heterocycles. The summed E-state index contributed by atoms with van der Waals surface area (Å²) in [6.07, 6.45) is 2.10. The van der Waals surface area contributed by atoms with Gasteiger partial charge in [-0.15, -0.1) is 0 Å². The molecule has 0 aromatic heterocycles. The zero-order valence-electron chi connectivity index (χ0n) is 10.3. The largest absolute Gasteiger partial charge is 0.492 e. The molecule has 1 aliphatic rings. The van der Waals surface area contributed by atoms with Gasteiger partial charge in [-0.1, -0.05) is 18.2 Å². The number of guanidine groups is 1. The van der Waals surface area contributed by atoms with Gasteiger partial charge in [0.05, 0.1) is 13.2 Å². The summed E-state index contributed by atoms with van der Waals surface area (Å²) in [6, 6.07) is 5.37. The van der Waals surface area contributed by atoms with Gasteiger partial charge in [-0.2, -0.15) is 4.99 Å². The predicted molar refractivity (Wildman–Crippen MR) is 71.3 cm³/mol. The third-order valence-corrected chi connectivity index (χ3v) is 2.75. The number of aliphatic hydroxyl groups is 1. The molecule has 0 bridgehead atoms. The Labute approximate surface area is 110 Å². The van der Waals surface area contributed by atoms with Crippen LogP contribution in [0.25, 0.3) is 6.08 Å². The summed E-state index contributed by atoms with van der Waals surface area (Å²) in [7, 11) is 0. The summed E-state index contributed by atoms with van der Waals surface area (Å²) in [6.45, 7) is 0.218. The van der Waals surface area contributed by atoms with Crippen LogP contribution >= 0.6 is 0 Å². The summed E-state index contributed by atoms with van der Waals surface area (Å²) in [5, 5.41) is 9.26. The normalized spacial score (nSPS) is 13.6. The molecule has 1 aromatic rings. The van der Waals surface area contributed by atoms with Gasteiger partial charge in [-0.25, -0.2) is 0 Å². The summed E-state index contributed by atoms with van der Waals surface area (Å²) in [5.41, 5.74) is 12.3. The number of amides is 1. The molecule has 0 spiro atoms. The molecule has 6 heteroatoms. The van der Waals surface area contributed by atoms with Gasteiger partial charge in [0.2, 0.25) is 0 Å². The minimum atomic E-state index is -0.467. The highest BCUT2D eigenvalue weighted by molar-refractivity contribution is 6.04. The Hall–Kier alpha value is -2.34. The van der Waals surface area contributed by atoms with Crippen molar-refractivity contribution in [3.63, 3.8) is 0 Å². The van der Waals surface area contributed by atoms with E-state index in [0.29, 0.717) is 29.9 Å². The summed E-state index contributed by atoms with van der Waals surface area (Å²) >= 11 is 0. The smallest absolute Gasteiger partial charge is 0.276 e. The van der Waals surface area contributed by atoms with Crippen LogP contribution in [-0.2, 0) is 11.4 Å². The molecule has 1 aliphatic heterocycles. The van der Waals surface area contributed by atoms with Crippen LogP contribution in [0, 0.1) is 0 Å². The monoisotopic (exact) mass is 261 g/mol. The summed E-state index contributed by atoms with van der Waals surface area (Å²) < 4.78 is 5.58. The lowest BCUT2D eigenvalue weighted by Crippen LogP contribution is -2.24. The van der Waals surface area contributed by atoms with Crippen LogP contribution in [0.4, 0.5) is 0 Å². The third-order valence-electron chi connectivity index (χ3n) is 2.75. The van der Waals surface area contributed by atoms with Crippen molar-refractivity contribution < 1.29 is 14.6 Å². The van der Waals surface area contributed by atoms with Gasteiger partial charge in [0.25, 0.3) is 5.91 Å². The van der Waals surface area contributed by atoms with Crippen LogP contribution < -0.4 is 16.2 Å². The summed E-state index contributed by atoms with van der Waals surface area (Å²) in [5.74, 6) is -0.135. The molecular formula is C13H15N3O3. The lowest BCUT2D eigenvalue weighted by atomic mass is 10.1. The molecule has 0 unspecified atom stereocenters. The number of nitrogens with two attached hydrogens (primary N) is 2. The lowest BCUT2D eigenvalue weighted by molar-refractivity contribution is -0.114. The maximum Gasteiger partial charge on any atom is 0.276 e. The first-order valence-corrected chi connectivity index (χ1v) is 5.82. The third kappa shape index (κ3) is 2.92. The second kappa shape index (κ2) is 5.53. The number of fused-ring (bicyclic) bond motifs is 1. The maximum atomic E-state index is 11.8. The number of rotatable bonds is 2. The van der Waals surface area contributed by atoms with Crippen molar-refractivity contribution in [3.05, 3.63) is 34.9 Å². The Balaban J connectivity index is 2.41. The Morgan fingerprint density at radius 3 is 2.89 bits per heavy atom. The number of hydrogen-bond donors (Lipinski definition) is 3. The molecule has 0 atom stereocenters.